The monoisotopic (exact) mass is 349 g/mol. The molecule has 0 atom stereocenters. The van der Waals surface area contributed by atoms with Crippen molar-refractivity contribution in [1.29, 1.82) is 0 Å². The van der Waals surface area contributed by atoms with Gasteiger partial charge >= 0.3 is 0 Å². The van der Waals surface area contributed by atoms with Crippen LogP contribution in [0.15, 0.2) is 53.7 Å². The second-order valence-electron chi connectivity index (χ2n) is 5.83. The van der Waals surface area contributed by atoms with Crippen LogP contribution in [0.1, 0.15) is 16.8 Å². The number of carbonyl (C=O) groups is 1. The van der Waals surface area contributed by atoms with Crippen LogP contribution in [0, 0.1) is 6.92 Å². The Labute approximate surface area is 150 Å². The van der Waals surface area contributed by atoms with E-state index in [0.717, 1.165) is 5.56 Å². The fourth-order valence-electron chi connectivity index (χ4n) is 2.56. The third kappa shape index (κ3) is 4.38. The van der Waals surface area contributed by atoms with Crippen molar-refractivity contribution in [2.24, 2.45) is 0 Å². The smallest absolute Gasteiger partial charge is 0.255 e. The van der Waals surface area contributed by atoms with Crippen LogP contribution in [0.2, 0.25) is 0 Å². The van der Waals surface area contributed by atoms with Gasteiger partial charge < -0.3 is 10.3 Å². The maximum atomic E-state index is 12.4. The second-order valence-corrected chi connectivity index (χ2v) is 5.83. The van der Waals surface area contributed by atoms with Gasteiger partial charge in [0, 0.05) is 36.4 Å². The van der Waals surface area contributed by atoms with Crippen molar-refractivity contribution >= 4 is 5.91 Å². The highest BCUT2D eigenvalue weighted by Crippen LogP contribution is 2.11. The Morgan fingerprint density at radius 1 is 1.19 bits per heavy atom. The van der Waals surface area contributed by atoms with E-state index in [4.69, 9.17) is 0 Å². The van der Waals surface area contributed by atoms with E-state index in [0.29, 0.717) is 35.7 Å². The molecule has 0 aromatic carbocycles. The average molecular weight is 349 g/mol. The Bertz CT molecular complexity index is 939. The van der Waals surface area contributed by atoms with Crippen LogP contribution in [-0.2, 0) is 17.6 Å². The van der Waals surface area contributed by atoms with E-state index >= 15 is 0 Å². The van der Waals surface area contributed by atoms with Gasteiger partial charge in [0.25, 0.3) is 5.56 Å². The summed E-state index contributed by atoms with van der Waals surface area (Å²) in [5.74, 6) is 0.184. The Balaban J connectivity index is 1.64. The molecule has 7 nitrogen and oxygen atoms in total. The molecule has 0 fully saturated rings. The molecule has 0 aliphatic heterocycles. The SMILES string of the molecule is Cc1nc(-c2ccccn2)[nH]c(=O)c1CC(=O)NCCc1cccnc1. The standard InChI is InChI=1S/C19H19N5O2/c1-13-15(11-17(25)22-10-7-14-5-4-8-20-12-14)19(26)24-18(23-13)16-6-2-3-9-21-16/h2-6,8-9,12H,7,10-11H2,1H3,(H,22,25)(H,23,24,26). The first-order valence-electron chi connectivity index (χ1n) is 8.30. The molecule has 3 aromatic rings. The van der Waals surface area contributed by atoms with Crippen molar-refractivity contribution in [3.63, 3.8) is 0 Å². The van der Waals surface area contributed by atoms with Crippen molar-refractivity contribution in [3.05, 3.63) is 76.1 Å². The number of aryl methyl sites for hydroxylation is 1. The molecular formula is C19H19N5O2. The van der Waals surface area contributed by atoms with Gasteiger partial charge in [-0.1, -0.05) is 12.1 Å². The minimum Gasteiger partial charge on any atom is -0.355 e. The third-order valence-corrected chi connectivity index (χ3v) is 3.93. The number of H-pyrrole nitrogens is 1. The Kier molecular flexibility index (Phi) is 5.48. The van der Waals surface area contributed by atoms with Crippen LogP contribution in [0.4, 0.5) is 0 Å². The largest absolute Gasteiger partial charge is 0.355 e. The molecule has 26 heavy (non-hydrogen) atoms. The molecule has 7 heteroatoms. The van der Waals surface area contributed by atoms with Gasteiger partial charge in [-0.3, -0.25) is 19.6 Å². The number of aromatic nitrogens is 4. The van der Waals surface area contributed by atoms with Crippen molar-refractivity contribution in [2.75, 3.05) is 6.54 Å². The summed E-state index contributed by atoms with van der Waals surface area (Å²) in [6.07, 6.45) is 5.78. The summed E-state index contributed by atoms with van der Waals surface area (Å²) in [7, 11) is 0. The number of aromatic amines is 1. The second kappa shape index (κ2) is 8.15. The minimum absolute atomic E-state index is 0.0102. The van der Waals surface area contributed by atoms with E-state index in [9.17, 15) is 9.59 Å². The van der Waals surface area contributed by atoms with Gasteiger partial charge in [-0.25, -0.2) is 4.98 Å². The number of carbonyl (C=O) groups excluding carboxylic acids is 1. The minimum atomic E-state index is -0.319. The van der Waals surface area contributed by atoms with Gasteiger partial charge in [0.1, 0.15) is 5.69 Å². The van der Waals surface area contributed by atoms with Crippen molar-refractivity contribution in [3.8, 4) is 11.5 Å². The lowest BCUT2D eigenvalue weighted by molar-refractivity contribution is -0.120. The number of nitrogens with zero attached hydrogens (tertiary/aromatic N) is 3. The van der Waals surface area contributed by atoms with Crippen LogP contribution in [0.25, 0.3) is 11.5 Å². The highest BCUT2D eigenvalue weighted by molar-refractivity contribution is 5.78. The zero-order chi connectivity index (χ0) is 18.4. The molecule has 0 aliphatic carbocycles. The van der Waals surface area contributed by atoms with Gasteiger partial charge in [0.05, 0.1) is 6.42 Å². The highest BCUT2D eigenvalue weighted by Gasteiger charge is 2.13. The van der Waals surface area contributed by atoms with Crippen molar-refractivity contribution in [2.45, 2.75) is 19.8 Å². The third-order valence-electron chi connectivity index (χ3n) is 3.93. The molecule has 132 valence electrons. The summed E-state index contributed by atoms with van der Waals surface area (Å²) in [5, 5.41) is 2.82. The first kappa shape index (κ1) is 17.5. The van der Waals surface area contributed by atoms with Crippen LogP contribution in [-0.4, -0.2) is 32.4 Å². The quantitative estimate of drug-likeness (QED) is 0.701. The molecule has 3 heterocycles. The topological polar surface area (TPSA) is 101 Å². The maximum absolute atomic E-state index is 12.4. The van der Waals surface area contributed by atoms with E-state index in [1.165, 1.54) is 0 Å². The molecule has 0 radical (unpaired) electrons. The predicted molar refractivity (Wildman–Crippen MR) is 97.5 cm³/mol. The molecule has 0 aliphatic rings. The summed E-state index contributed by atoms with van der Waals surface area (Å²) < 4.78 is 0. The molecule has 3 aromatic heterocycles. The van der Waals surface area contributed by atoms with E-state index in [1.54, 1.807) is 37.6 Å². The lowest BCUT2D eigenvalue weighted by Crippen LogP contribution is -2.30. The average Bonchev–Trinajstić information content (AvgIpc) is 2.66. The molecule has 2 N–H and O–H groups in total. The lowest BCUT2D eigenvalue weighted by atomic mass is 10.1. The van der Waals surface area contributed by atoms with Gasteiger partial charge in [-0.05, 0) is 37.1 Å². The van der Waals surface area contributed by atoms with Gasteiger partial charge in [0.2, 0.25) is 5.91 Å². The summed E-state index contributed by atoms with van der Waals surface area (Å²) in [6, 6.07) is 9.19. The number of hydrogen-bond donors (Lipinski definition) is 2. The molecule has 0 unspecified atom stereocenters. The zero-order valence-electron chi connectivity index (χ0n) is 14.4. The maximum Gasteiger partial charge on any atom is 0.255 e. The zero-order valence-corrected chi connectivity index (χ0v) is 14.4. The van der Waals surface area contributed by atoms with E-state index < -0.39 is 0 Å². The Morgan fingerprint density at radius 2 is 2.08 bits per heavy atom. The first-order chi connectivity index (χ1) is 12.6. The Morgan fingerprint density at radius 3 is 2.77 bits per heavy atom. The number of pyridine rings is 2. The van der Waals surface area contributed by atoms with E-state index in [1.807, 2.05) is 18.2 Å². The molecular weight excluding hydrogens is 330 g/mol. The summed E-state index contributed by atoms with van der Waals surface area (Å²) in [5.41, 5.74) is 2.20. The highest BCUT2D eigenvalue weighted by atomic mass is 16.2. The summed E-state index contributed by atoms with van der Waals surface area (Å²) in [6.45, 7) is 2.21. The molecule has 0 saturated heterocycles. The molecule has 0 bridgehead atoms. The summed E-state index contributed by atoms with van der Waals surface area (Å²) >= 11 is 0. The number of amides is 1. The van der Waals surface area contributed by atoms with Gasteiger partial charge in [-0.15, -0.1) is 0 Å². The Hall–Kier alpha value is -3.35. The van der Waals surface area contributed by atoms with Gasteiger partial charge in [0.15, 0.2) is 5.82 Å². The number of hydrogen-bond acceptors (Lipinski definition) is 5. The number of rotatable bonds is 6. The summed E-state index contributed by atoms with van der Waals surface area (Å²) in [4.78, 5) is 39.8. The van der Waals surface area contributed by atoms with Crippen LogP contribution >= 0.6 is 0 Å². The van der Waals surface area contributed by atoms with Crippen molar-refractivity contribution in [1.82, 2.24) is 25.3 Å². The normalized spacial score (nSPS) is 10.5. The molecule has 3 rings (SSSR count). The number of nitrogens with one attached hydrogen (secondary N) is 2. The fraction of sp³-hybridized carbons (Fsp3) is 0.211. The first-order valence-corrected chi connectivity index (χ1v) is 8.30. The lowest BCUT2D eigenvalue weighted by Gasteiger charge is -2.08. The molecule has 0 saturated carbocycles. The van der Waals surface area contributed by atoms with Gasteiger partial charge in [-0.2, -0.15) is 0 Å². The van der Waals surface area contributed by atoms with E-state index in [2.05, 4.69) is 25.3 Å². The van der Waals surface area contributed by atoms with Crippen LogP contribution in [0.5, 0.6) is 0 Å². The van der Waals surface area contributed by atoms with Crippen molar-refractivity contribution < 1.29 is 4.79 Å². The van der Waals surface area contributed by atoms with E-state index in [-0.39, 0.29) is 17.9 Å². The predicted octanol–water partition coefficient (Wildman–Crippen LogP) is 1.44. The van der Waals surface area contributed by atoms with Crippen LogP contribution < -0.4 is 10.9 Å². The van der Waals surface area contributed by atoms with Crippen LogP contribution in [0.3, 0.4) is 0 Å². The fourth-order valence-corrected chi connectivity index (χ4v) is 2.56. The molecule has 0 spiro atoms. The molecule has 1 amide bonds.